The van der Waals surface area contributed by atoms with Crippen LogP contribution in [0.1, 0.15) is 40.5 Å². The van der Waals surface area contributed by atoms with Crippen LogP contribution in [0.2, 0.25) is 0 Å². The predicted molar refractivity (Wildman–Crippen MR) is 74.9 cm³/mol. The van der Waals surface area contributed by atoms with Crippen molar-refractivity contribution in [3.05, 3.63) is 0 Å². The number of piperidine rings is 1. The normalized spacial score (nSPS) is 19.5. The Balaban J connectivity index is 2.25. The lowest BCUT2D eigenvalue weighted by atomic mass is 9.81. The third kappa shape index (κ3) is 4.69. The van der Waals surface area contributed by atoms with Gasteiger partial charge < -0.3 is 5.32 Å². The summed E-state index contributed by atoms with van der Waals surface area (Å²) in [6.07, 6.45) is 7.80. The molecule has 0 atom stereocenters. The fourth-order valence-corrected chi connectivity index (χ4v) is 2.04. The van der Waals surface area contributed by atoms with Gasteiger partial charge in [-0.2, -0.15) is 0 Å². The fraction of sp³-hybridized carbons (Fsp3) is 0.867. The second-order valence-electron chi connectivity index (χ2n) is 6.28. The first-order chi connectivity index (χ1) is 7.95. The van der Waals surface area contributed by atoms with Crippen molar-refractivity contribution in [2.45, 2.75) is 46.6 Å². The molecule has 0 saturated carbocycles. The summed E-state index contributed by atoms with van der Waals surface area (Å²) in [5, 5.41) is 3.73. The zero-order chi connectivity index (χ0) is 12.9. The number of hydrogen-bond acceptors (Lipinski definition) is 2. The van der Waals surface area contributed by atoms with Crippen LogP contribution in [0.3, 0.4) is 0 Å². The molecule has 1 saturated heterocycles. The smallest absolute Gasteiger partial charge is 0.0598 e. The quantitative estimate of drug-likeness (QED) is 0.737. The molecule has 0 aromatic rings. The van der Waals surface area contributed by atoms with Gasteiger partial charge in [-0.05, 0) is 24.2 Å². The highest BCUT2D eigenvalue weighted by Crippen LogP contribution is 2.25. The van der Waals surface area contributed by atoms with Gasteiger partial charge in [0.05, 0.1) is 6.54 Å². The molecule has 1 N–H and O–H groups in total. The SMILES string of the molecule is C#CCN1CCC(NCC(C)(C)C(C)C)CC1. The van der Waals surface area contributed by atoms with Crippen molar-refractivity contribution in [2.24, 2.45) is 11.3 Å². The van der Waals surface area contributed by atoms with Crippen LogP contribution < -0.4 is 5.32 Å². The maximum absolute atomic E-state index is 5.34. The molecule has 0 spiro atoms. The molecule has 1 aliphatic rings. The van der Waals surface area contributed by atoms with E-state index >= 15 is 0 Å². The van der Waals surface area contributed by atoms with E-state index in [1.807, 2.05) is 0 Å². The molecule has 98 valence electrons. The number of nitrogens with zero attached hydrogens (tertiary/aromatic N) is 1. The minimum Gasteiger partial charge on any atom is -0.313 e. The average molecular weight is 236 g/mol. The standard InChI is InChI=1S/C15H28N2/c1-6-9-17-10-7-14(8-11-17)16-12-15(4,5)13(2)3/h1,13-14,16H,7-12H2,2-5H3. The van der Waals surface area contributed by atoms with Gasteiger partial charge in [0.2, 0.25) is 0 Å². The number of rotatable bonds is 5. The van der Waals surface area contributed by atoms with Crippen LogP contribution >= 0.6 is 0 Å². The summed E-state index contributed by atoms with van der Waals surface area (Å²) in [4.78, 5) is 2.37. The molecule has 1 heterocycles. The lowest BCUT2D eigenvalue weighted by molar-refractivity contribution is 0.184. The molecule has 0 radical (unpaired) electrons. The largest absolute Gasteiger partial charge is 0.313 e. The lowest BCUT2D eigenvalue weighted by Gasteiger charge is -2.35. The molecule has 0 unspecified atom stereocenters. The van der Waals surface area contributed by atoms with Crippen molar-refractivity contribution in [1.82, 2.24) is 10.2 Å². The molecular weight excluding hydrogens is 208 g/mol. The second-order valence-corrected chi connectivity index (χ2v) is 6.28. The molecule has 0 aromatic heterocycles. The van der Waals surface area contributed by atoms with Gasteiger partial charge in [-0.1, -0.05) is 33.6 Å². The van der Waals surface area contributed by atoms with Crippen molar-refractivity contribution in [3.63, 3.8) is 0 Å². The van der Waals surface area contributed by atoms with Gasteiger partial charge in [-0.15, -0.1) is 6.42 Å². The minimum absolute atomic E-state index is 0.385. The van der Waals surface area contributed by atoms with E-state index < -0.39 is 0 Å². The third-order valence-corrected chi connectivity index (χ3v) is 4.31. The van der Waals surface area contributed by atoms with Crippen molar-refractivity contribution < 1.29 is 0 Å². The number of hydrogen-bond donors (Lipinski definition) is 1. The van der Waals surface area contributed by atoms with Crippen molar-refractivity contribution >= 4 is 0 Å². The van der Waals surface area contributed by atoms with E-state index in [0.29, 0.717) is 11.5 Å². The Hall–Kier alpha value is -0.520. The highest BCUT2D eigenvalue weighted by atomic mass is 15.1. The molecule has 0 aliphatic carbocycles. The molecule has 2 heteroatoms. The van der Waals surface area contributed by atoms with Gasteiger partial charge in [-0.25, -0.2) is 0 Å². The highest BCUT2D eigenvalue weighted by molar-refractivity contribution is 4.90. The molecule has 0 aromatic carbocycles. The van der Waals surface area contributed by atoms with E-state index in [0.717, 1.165) is 32.1 Å². The number of likely N-dealkylation sites (tertiary alicyclic amines) is 1. The second kappa shape index (κ2) is 6.42. The van der Waals surface area contributed by atoms with Crippen molar-refractivity contribution in [3.8, 4) is 12.3 Å². The molecule has 17 heavy (non-hydrogen) atoms. The molecule has 0 amide bonds. The van der Waals surface area contributed by atoms with Crippen LogP contribution in [0.15, 0.2) is 0 Å². The van der Waals surface area contributed by atoms with Crippen LogP contribution in [-0.4, -0.2) is 37.1 Å². The Morgan fingerprint density at radius 3 is 2.41 bits per heavy atom. The Bertz CT molecular complexity index is 255. The Morgan fingerprint density at radius 1 is 1.35 bits per heavy atom. The van der Waals surface area contributed by atoms with Gasteiger partial charge in [0, 0.05) is 25.7 Å². The van der Waals surface area contributed by atoms with Crippen LogP contribution in [0.25, 0.3) is 0 Å². The molecular formula is C15H28N2. The topological polar surface area (TPSA) is 15.3 Å². The van der Waals surface area contributed by atoms with Crippen LogP contribution in [0, 0.1) is 23.7 Å². The Labute approximate surface area is 107 Å². The van der Waals surface area contributed by atoms with Crippen molar-refractivity contribution in [1.29, 1.82) is 0 Å². The first-order valence-corrected chi connectivity index (χ1v) is 6.85. The van der Waals surface area contributed by atoms with E-state index in [1.165, 1.54) is 12.8 Å². The zero-order valence-corrected chi connectivity index (χ0v) is 11.9. The summed E-state index contributed by atoms with van der Waals surface area (Å²) in [6, 6.07) is 0.682. The first kappa shape index (κ1) is 14.5. The Morgan fingerprint density at radius 2 is 1.94 bits per heavy atom. The van der Waals surface area contributed by atoms with Gasteiger partial charge in [-0.3, -0.25) is 4.90 Å². The summed E-state index contributed by atoms with van der Waals surface area (Å²) in [7, 11) is 0. The zero-order valence-electron chi connectivity index (χ0n) is 11.9. The highest BCUT2D eigenvalue weighted by Gasteiger charge is 2.25. The van der Waals surface area contributed by atoms with Crippen LogP contribution in [0.4, 0.5) is 0 Å². The number of terminal acetylenes is 1. The lowest BCUT2D eigenvalue weighted by Crippen LogP contribution is -2.46. The average Bonchev–Trinajstić information content (AvgIpc) is 2.28. The van der Waals surface area contributed by atoms with E-state index in [1.54, 1.807) is 0 Å². The van der Waals surface area contributed by atoms with Crippen LogP contribution in [0.5, 0.6) is 0 Å². The van der Waals surface area contributed by atoms with E-state index in [4.69, 9.17) is 6.42 Å². The minimum atomic E-state index is 0.385. The van der Waals surface area contributed by atoms with Gasteiger partial charge >= 0.3 is 0 Å². The van der Waals surface area contributed by atoms with Gasteiger partial charge in [0.1, 0.15) is 0 Å². The van der Waals surface area contributed by atoms with E-state index in [2.05, 4.69) is 43.8 Å². The third-order valence-electron chi connectivity index (χ3n) is 4.31. The molecule has 0 bridgehead atoms. The molecule has 1 rings (SSSR count). The molecule has 1 fully saturated rings. The maximum Gasteiger partial charge on any atom is 0.0598 e. The van der Waals surface area contributed by atoms with Gasteiger partial charge in [0.25, 0.3) is 0 Å². The molecule has 2 nitrogen and oxygen atoms in total. The van der Waals surface area contributed by atoms with Crippen LogP contribution in [-0.2, 0) is 0 Å². The predicted octanol–water partition coefficient (Wildman–Crippen LogP) is 2.36. The summed E-state index contributed by atoms with van der Waals surface area (Å²) < 4.78 is 0. The van der Waals surface area contributed by atoms with E-state index in [-0.39, 0.29) is 0 Å². The molecule has 1 aliphatic heterocycles. The summed E-state index contributed by atoms with van der Waals surface area (Å²) in [5.74, 6) is 3.45. The van der Waals surface area contributed by atoms with Gasteiger partial charge in [0.15, 0.2) is 0 Å². The van der Waals surface area contributed by atoms with Crippen molar-refractivity contribution in [2.75, 3.05) is 26.2 Å². The first-order valence-electron chi connectivity index (χ1n) is 6.85. The summed E-state index contributed by atoms with van der Waals surface area (Å²) in [5.41, 5.74) is 0.385. The monoisotopic (exact) mass is 236 g/mol. The van der Waals surface area contributed by atoms with E-state index in [9.17, 15) is 0 Å². The fourth-order valence-electron chi connectivity index (χ4n) is 2.04. The summed E-state index contributed by atoms with van der Waals surface area (Å²) >= 11 is 0. The number of nitrogens with one attached hydrogen (secondary N) is 1. The maximum atomic E-state index is 5.34. The summed E-state index contributed by atoms with van der Waals surface area (Å²) in [6.45, 7) is 13.5. The Kier molecular flexibility index (Phi) is 5.49.